The number of aromatic nitrogens is 2. The molecule has 90 valence electrons. The molecular weight excluding hydrogens is 285 g/mol. The Morgan fingerprint density at radius 2 is 2.24 bits per heavy atom. The van der Waals surface area contributed by atoms with Gasteiger partial charge in [0.2, 0.25) is 5.95 Å². The molecule has 17 heavy (non-hydrogen) atoms. The smallest absolute Gasteiger partial charge is 0.225 e. The van der Waals surface area contributed by atoms with Crippen molar-refractivity contribution in [1.82, 2.24) is 9.97 Å². The average Bonchev–Trinajstić information content (AvgIpc) is 2.36. The molecule has 1 heterocycles. The van der Waals surface area contributed by atoms with Gasteiger partial charge in [-0.3, -0.25) is 4.39 Å². The lowest BCUT2D eigenvalue weighted by molar-refractivity contribution is 0.473. The Balaban J connectivity index is 2.33. The summed E-state index contributed by atoms with van der Waals surface area (Å²) in [6.45, 7) is 0.300. The molecule has 0 spiro atoms. The Labute approximate surface area is 108 Å². The minimum atomic E-state index is -0.318. The van der Waals surface area contributed by atoms with Gasteiger partial charge in [0.05, 0.1) is 12.2 Å². The fourth-order valence-corrected chi connectivity index (χ4v) is 2.06. The highest BCUT2D eigenvalue weighted by atomic mass is 79.9. The van der Waals surface area contributed by atoms with Crippen molar-refractivity contribution in [2.75, 3.05) is 25.2 Å². The zero-order valence-electron chi connectivity index (χ0n) is 9.53. The van der Waals surface area contributed by atoms with Crippen LogP contribution in [0.5, 0.6) is 0 Å². The first-order valence-electron chi connectivity index (χ1n) is 5.41. The minimum absolute atomic E-state index is 0.318. The van der Waals surface area contributed by atoms with Crippen molar-refractivity contribution in [3.8, 4) is 0 Å². The van der Waals surface area contributed by atoms with Crippen LogP contribution in [0.25, 0.3) is 10.9 Å². The summed E-state index contributed by atoms with van der Waals surface area (Å²) in [6, 6.07) is 5.86. The van der Waals surface area contributed by atoms with Crippen molar-refractivity contribution in [3.05, 3.63) is 28.9 Å². The Morgan fingerprint density at radius 1 is 1.41 bits per heavy atom. The van der Waals surface area contributed by atoms with Gasteiger partial charge < -0.3 is 4.90 Å². The van der Waals surface area contributed by atoms with E-state index in [9.17, 15) is 4.39 Å². The van der Waals surface area contributed by atoms with Gasteiger partial charge in [0, 0.05) is 29.6 Å². The van der Waals surface area contributed by atoms with Crippen LogP contribution in [0.2, 0.25) is 0 Å². The molecule has 0 unspecified atom stereocenters. The molecule has 0 saturated heterocycles. The van der Waals surface area contributed by atoms with Gasteiger partial charge in [0.15, 0.2) is 0 Å². The monoisotopic (exact) mass is 297 g/mol. The van der Waals surface area contributed by atoms with Gasteiger partial charge >= 0.3 is 0 Å². The fraction of sp³-hybridized carbons (Fsp3) is 0.333. The number of rotatable bonds is 4. The van der Waals surface area contributed by atoms with Crippen LogP contribution in [-0.4, -0.2) is 30.2 Å². The van der Waals surface area contributed by atoms with Crippen LogP contribution in [0.4, 0.5) is 10.3 Å². The van der Waals surface area contributed by atoms with Crippen LogP contribution in [0.15, 0.2) is 28.9 Å². The van der Waals surface area contributed by atoms with Gasteiger partial charge in [-0.2, -0.15) is 0 Å². The standard InChI is InChI=1S/C12H13BrFN3/c1-17(7-3-6-14)12-15-8-9-4-2-5-10(13)11(9)16-12/h2,4-5,8H,3,6-7H2,1H3. The van der Waals surface area contributed by atoms with E-state index in [1.807, 2.05) is 30.1 Å². The molecular formula is C12H13BrFN3. The number of para-hydroxylation sites is 1. The summed E-state index contributed by atoms with van der Waals surface area (Å²) in [6.07, 6.45) is 2.28. The highest BCUT2D eigenvalue weighted by Crippen LogP contribution is 2.22. The molecule has 3 nitrogen and oxygen atoms in total. The Kier molecular flexibility index (Phi) is 3.89. The SMILES string of the molecule is CN(CCCF)c1ncc2cccc(Br)c2n1. The molecule has 0 aliphatic carbocycles. The molecule has 1 aromatic carbocycles. The number of hydrogen-bond acceptors (Lipinski definition) is 3. The van der Waals surface area contributed by atoms with E-state index < -0.39 is 0 Å². The van der Waals surface area contributed by atoms with Crippen molar-refractivity contribution in [2.24, 2.45) is 0 Å². The van der Waals surface area contributed by atoms with E-state index in [1.165, 1.54) is 0 Å². The van der Waals surface area contributed by atoms with Crippen LogP contribution in [0, 0.1) is 0 Å². The molecule has 1 aromatic heterocycles. The summed E-state index contributed by atoms with van der Waals surface area (Å²) < 4.78 is 13.1. The summed E-state index contributed by atoms with van der Waals surface area (Å²) >= 11 is 3.46. The van der Waals surface area contributed by atoms with E-state index >= 15 is 0 Å². The van der Waals surface area contributed by atoms with Gasteiger partial charge in [-0.15, -0.1) is 0 Å². The third kappa shape index (κ3) is 2.72. The molecule has 0 radical (unpaired) electrons. The van der Waals surface area contributed by atoms with E-state index in [4.69, 9.17) is 0 Å². The van der Waals surface area contributed by atoms with Crippen molar-refractivity contribution in [2.45, 2.75) is 6.42 Å². The number of alkyl halides is 1. The van der Waals surface area contributed by atoms with Crippen LogP contribution < -0.4 is 4.90 Å². The molecule has 0 aliphatic heterocycles. The predicted octanol–water partition coefficient (Wildman–Crippen LogP) is 3.19. The van der Waals surface area contributed by atoms with Gasteiger partial charge in [-0.25, -0.2) is 9.97 Å². The number of hydrogen-bond donors (Lipinski definition) is 0. The summed E-state index contributed by atoms with van der Waals surface area (Å²) in [7, 11) is 1.87. The highest BCUT2D eigenvalue weighted by Gasteiger charge is 2.06. The van der Waals surface area contributed by atoms with Gasteiger partial charge in [-0.1, -0.05) is 12.1 Å². The van der Waals surface area contributed by atoms with E-state index in [0.29, 0.717) is 18.9 Å². The quantitative estimate of drug-likeness (QED) is 0.868. The second-order valence-corrected chi connectivity index (χ2v) is 4.67. The van der Waals surface area contributed by atoms with Crippen LogP contribution >= 0.6 is 15.9 Å². The van der Waals surface area contributed by atoms with E-state index in [0.717, 1.165) is 15.4 Å². The molecule has 0 amide bonds. The van der Waals surface area contributed by atoms with E-state index in [2.05, 4.69) is 25.9 Å². The third-order valence-corrected chi connectivity index (χ3v) is 3.16. The second-order valence-electron chi connectivity index (χ2n) is 3.81. The Morgan fingerprint density at radius 3 is 3.00 bits per heavy atom. The molecule has 0 bridgehead atoms. The summed E-state index contributed by atoms with van der Waals surface area (Å²) in [5, 5.41) is 0.988. The second kappa shape index (κ2) is 5.40. The van der Waals surface area contributed by atoms with Crippen molar-refractivity contribution < 1.29 is 4.39 Å². The van der Waals surface area contributed by atoms with Crippen LogP contribution in [0.1, 0.15) is 6.42 Å². The van der Waals surface area contributed by atoms with Crippen molar-refractivity contribution in [3.63, 3.8) is 0 Å². The number of fused-ring (bicyclic) bond motifs is 1. The summed E-state index contributed by atoms with van der Waals surface area (Å²) in [4.78, 5) is 10.6. The lowest BCUT2D eigenvalue weighted by atomic mass is 10.2. The lowest BCUT2D eigenvalue weighted by Crippen LogP contribution is -2.21. The number of benzene rings is 1. The molecule has 2 aromatic rings. The van der Waals surface area contributed by atoms with Gasteiger partial charge in [0.25, 0.3) is 0 Å². The van der Waals surface area contributed by atoms with Gasteiger partial charge in [0.1, 0.15) is 0 Å². The van der Waals surface area contributed by atoms with Crippen molar-refractivity contribution in [1.29, 1.82) is 0 Å². The normalized spacial score (nSPS) is 10.8. The molecule has 0 saturated carbocycles. The molecule has 2 rings (SSSR count). The maximum absolute atomic E-state index is 12.1. The number of anilines is 1. The Hall–Kier alpha value is -1.23. The van der Waals surface area contributed by atoms with Crippen molar-refractivity contribution >= 4 is 32.8 Å². The first-order valence-corrected chi connectivity index (χ1v) is 6.20. The van der Waals surface area contributed by atoms with Crippen LogP contribution in [-0.2, 0) is 0 Å². The fourth-order valence-electron chi connectivity index (χ4n) is 1.59. The molecule has 5 heteroatoms. The van der Waals surface area contributed by atoms with E-state index in [-0.39, 0.29) is 6.67 Å². The molecule has 0 N–H and O–H groups in total. The van der Waals surface area contributed by atoms with Crippen LogP contribution in [0.3, 0.4) is 0 Å². The highest BCUT2D eigenvalue weighted by molar-refractivity contribution is 9.10. The lowest BCUT2D eigenvalue weighted by Gasteiger charge is -2.16. The average molecular weight is 298 g/mol. The first kappa shape index (κ1) is 12.2. The van der Waals surface area contributed by atoms with E-state index in [1.54, 1.807) is 6.20 Å². The first-order chi connectivity index (χ1) is 8.22. The largest absolute Gasteiger partial charge is 0.344 e. The number of halogens is 2. The summed E-state index contributed by atoms with van der Waals surface area (Å²) in [5.41, 5.74) is 0.879. The third-order valence-electron chi connectivity index (χ3n) is 2.52. The zero-order valence-corrected chi connectivity index (χ0v) is 11.1. The zero-order chi connectivity index (χ0) is 12.3. The van der Waals surface area contributed by atoms with Gasteiger partial charge in [-0.05, 0) is 28.4 Å². The molecule has 0 aliphatic rings. The number of nitrogens with zero attached hydrogens (tertiary/aromatic N) is 3. The Bertz CT molecular complexity index is 518. The maximum atomic E-state index is 12.1. The molecule has 0 fully saturated rings. The minimum Gasteiger partial charge on any atom is -0.344 e. The molecule has 0 atom stereocenters. The summed E-state index contributed by atoms with van der Waals surface area (Å²) in [5.74, 6) is 0.623. The topological polar surface area (TPSA) is 29.0 Å². The maximum Gasteiger partial charge on any atom is 0.225 e. The predicted molar refractivity (Wildman–Crippen MR) is 71.1 cm³/mol.